The van der Waals surface area contributed by atoms with Crippen molar-refractivity contribution in [2.45, 2.75) is 24.6 Å². The second kappa shape index (κ2) is 7.39. The molecule has 8 heteroatoms. The van der Waals surface area contributed by atoms with Crippen molar-refractivity contribution in [1.82, 2.24) is 0 Å². The second-order valence-electron chi connectivity index (χ2n) is 3.98. The van der Waals surface area contributed by atoms with Gasteiger partial charge in [-0.2, -0.15) is 11.8 Å². The van der Waals surface area contributed by atoms with E-state index in [0.717, 1.165) is 5.56 Å². The number of halogens is 3. The van der Waals surface area contributed by atoms with Crippen LogP contribution in [0.5, 0.6) is 5.75 Å². The van der Waals surface area contributed by atoms with E-state index in [9.17, 15) is 18.0 Å². The number of carbonyl (C=O) groups is 1. The number of rotatable bonds is 7. The Hall–Kier alpha value is -1.41. The van der Waals surface area contributed by atoms with E-state index in [2.05, 4.69) is 4.74 Å². The Morgan fingerprint density at radius 3 is 2.45 bits per heavy atom. The maximum absolute atomic E-state index is 11.9. The van der Waals surface area contributed by atoms with Crippen LogP contribution < -0.4 is 10.5 Å². The zero-order valence-electron chi connectivity index (χ0n) is 10.4. The molecule has 0 spiro atoms. The van der Waals surface area contributed by atoms with Crippen LogP contribution in [-0.2, 0) is 10.5 Å². The van der Waals surface area contributed by atoms with Gasteiger partial charge in [-0.15, -0.1) is 13.2 Å². The van der Waals surface area contributed by atoms with Gasteiger partial charge in [0.05, 0.1) is 0 Å². The Bertz CT molecular complexity index is 437. The molecule has 0 heterocycles. The van der Waals surface area contributed by atoms with E-state index in [4.69, 9.17) is 10.8 Å². The third-order valence-electron chi connectivity index (χ3n) is 2.32. The summed E-state index contributed by atoms with van der Waals surface area (Å²) in [6.45, 7) is 0. The molecule has 0 amide bonds. The van der Waals surface area contributed by atoms with Gasteiger partial charge in [0.2, 0.25) is 0 Å². The largest absolute Gasteiger partial charge is 0.573 e. The fraction of sp³-hybridized carbons (Fsp3) is 0.417. The fourth-order valence-corrected chi connectivity index (χ4v) is 2.30. The summed E-state index contributed by atoms with van der Waals surface area (Å²) >= 11 is 1.46. The van der Waals surface area contributed by atoms with Gasteiger partial charge in [-0.05, 0) is 29.9 Å². The fourth-order valence-electron chi connectivity index (χ4n) is 1.31. The van der Waals surface area contributed by atoms with Crippen LogP contribution in [0.4, 0.5) is 13.2 Å². The summed E-state index contributed by atoms with van der Waals surface area (Å²) < 4.78 is 39.6. The number of benzene rings is 1. The lowest BCUT2D eigenvalue weighted by molar-refractivity contribution is -0.274. The minimum absolute atomic E-state index is 0.265. The molecule has 0 aliphatic rings. The molecule has 1 unspecified atom stereocenters. The highest BCUT2D eigenvalue weighted by Crippen LogP contribution is 2.24. The van der Waals surface area contributed by atoms with E-state index < -0.39 is 18.4 Å². The average molecular weight is 309 g/mol. The number of carboxylic acid groups (broad SMARTS) is 1. The highest BCUT2D eigenvalue weighted by molar-refractivity contribution is 7.98. The third kappa shape index (κ3) is 6.67. The van der Waals surface area contributed by atoms with Crippen LogP contribution in [0, 0.1) is 0 Å². The topological polar surface area (TPSA) is 72.5 Å². The third-order valence-corrected chi connectivity index (χ3v) is 3.38. The number of alkyl halides is 3. The second-order valence-corrected chi connectivity index (χ2v) is 5.08. The van der Waals surface area contributed by atoms with Crippen LogP contribution in [-0.4, -0.2) is 29.2 Å². The number of hydrogen-bond donors (Lipinski definition) is 2. The maximum Gasteiger partial charge on any atom is 0.573 e. The van der Waals surface area contributed by atoms with Gasteiger partial charge in [-0.3, -0.25) is 4.79 Å². The first-order valence-corrected chi connectivity index (χ1v) is 6.84. The van der Waals surface area contributed by atoms with Crippen LogP contribution in [0.3, 0.4) is 0 Å². The van der Waals surface area contributed by atoms with E-state index in [1.54, 1.807) is 0 Å². The van der Waals surface area contributed by atoms with E-state index >= 15 is 0 Å². The molecule has 0 aliphatic carbocycles. The first kappa shape index (κ1) is 16.6. The first-order chi connectivity index (χ1) is 9.28. The lowest BCUT2D eigenvalue weighted by Crippen LogP contribution is -2.30. The summed E-state index contributed by atoms with van der Waals surface area (Å²) in [5, 5.41) is 8.58. The van der Waals surface area contributed by atoms with Crippen LogP contribution in [0.25, 0.3) is 0 Å². The average Bonchev–Trinajstić information content (AvgIpc) is 2.34. The summed E-state index contributed by atoms with van der Waals surface area (Å²) in [5.41, 5.74) is 6.17. The van der Waals surface area contributed by atoms with Crippen LogP contribution >= 0.6 is 11.8 Å². The molecular weight excluding hydrogens is 295 g/mol. The van der Waals surface area contributed by atoms with Crippen molar-refractivity contribution in [3.05, 3.63) is 29.8 Å². The van der Waals surface area contributed by atoms with Gasteiger partial charge in [-0.1, -0.05) is 12.1 Å². The van der Waals surface area contributed by atoms with Gasteiger partial charge < -0.3 is 15.6 Å². The quantitative estimate of drug-likeness (QED) is 0.758. The number of ether oxygens (including phenoxy) is 1. The van der Waals surface area contributed by atoms with Gasteiger partial charge in [0.25, 0.3) is 0 Å². The zero-order valence-corrected chi connectivity index (χ0v) is 11.2. The summed E-state index contributed by atoms with van der Waals surface area (Å²) in [7, 11) is 0. The van der Waals surface area contributed by atoms with Crippen LogP contribution in [0.2, 0.25) is 0 Å². The molecule has 1 aromatic rings. The Kier molecular flexibility index (Phi) is 6.15. The van der Waals surface area contributed by atoms with Crippen LogP contribution in [0.1, 0.15) is 12.0 Å². The van der Waals surface area contributed by atoms with Crippen molar-refractivity contribution in [3.63, 3.8) is 0 Å². The summed E-state index contributed by atoms with van der Waals surface area (Å²) in [6.07, 6.45) is -4.35. The van der Waals surface area contributed by atoms with Gasteiger partial charge in [0.15, 0.2) is 0 Å². The minimum Gasteiger partial charge on any atom is -0.480 e. The molecule has 0 radical (unpaired) electrons. The van der Waals surface area contributed by atoms with Crippen molar-refractivity contribution >= 4 is 17.7 Å². The number of hydrogen-bond acceptors (Lipinski definition) is 4. The van der Waals surface area contributed by atoms with Gasteiger partial charge in [-0.25, -0.2) is 0 Å². The standard InChI is InChI=1S/C12H14F3NO3S/c13-12(14,15)19-9-3-1-8(2-4-9)7-20-6-5-10(16)11(17)18/h1-4,10H,5-7,16H2,(H,17,18). The summed E-state index contributed by atoms with van der Waals surface area (Å²) in [6, 6.07) is 4.67. The lowest BCUT2D eigenvalue weighted by Gasteiger charge is -2.09. The molecule has 4 nitrogen and oxygen atoms in total. The molecule has 0 saturated carbocycles. The monoisotopic (exact) mass is 309 g/mol. The van der Waals surface area contributed by atoms with Gasteiger partial charge in [0, 0.05) is 5.75 Å². The van der Waals surface area contributed by atoms with Gasteiger partial charge >= 0.3 is 12.3 Å². The van der Waals surface area contributed by atoms with Crippen LogP contribution in [0.15, 0.2) is 24.3 Å². The van der Waals surface area contributed by atoms with Crippen molar-refractivity contribution in [2.24, 2.45) is 5.73 Å². The highest BCUT2D eigenvalue weighted by Gasteiger charge is 2.30. The van der Waals surface area contributed by atoms with E-state index in [1.807, 2.05) is 0 Å². The SMILES string of the molecule is NC(CCSCc1ccc(OC(F)(F)F)cc1)C(=O)O. The molecule has 1 rings (SSSR count). The Labute approximate surface area is 118 Å². The van der Waals surface area contributed by atoms with E-state index in [1.165, 1.54) is 36.0 Å². The molecule has 0 aromatic heterocycles. The van der Waals surface area contributed by atoms with E-state index in [0.29, 0.717) is 17.9 Å². The molecule has 112 valence electrons. The molecule has 0 fully saturated rings. The molecular formula is C12H14F3NO3S. The molecule has 3 N–H and O–H groups in total. The highest BCUT2D eigenvalue weighted by atomic mass is 32.2. The molecule has 1 atom stereocenters. The molecule has 20 heavy (non-hydrogen) atoms. The summed E-state index contributed by atoms with van der Waals surface area (Å²) in [4.78, 5) is 10.5. The predicted molar refractivity (Wildman–Crippen MR) is 69.5 cm³/mol. The predicted octanol–water partition coefficient (Wildman–Crippen LogP) is 2.62. The molecule has 0 saturated heterocycles. The molecule has 0 aliphatic heterocycles. The van der Waals surface area contributed by atoms with Crippen molar-refractivity contribution in [3.8, 4) is 5.75 Å². The number of carboxylic acids is 1. The van der Waals surface area contributed by atoms with Crippen molar-refractivity contribution in [2.75, 3.05) is 5.75 Å². The molecule has 1 aromatic carbocycles. The van der Waals surface area contributed by atoms with Gasteiger partial charge in [0.1, 0.15) is 11.8 Å². The Morgan fingerprint density at radius 1 is 1.35 bits per heavy atom. The number of thioether (sulfide) groups is 1. The first-order valence-electron chi connectivity index (χ1n) is 5.69. The normalized spacial score (nSPS) is 13.0. The summed E-state index contributed by atoms with van der Waals surface area (Å²) in [5.74, 6) is -0.175. The van der Waals surface area contributed by atoms with Crippen molar-refractivity contribution in [1.29, 1.82) is 0 Å². The van der Waals surface area contributed by atoms with E-state index in [-0.39, 0.29) is 5.75 Å². The zero-order chi connectivity index (χ0) is 15.2. The minimum atomic E-state index is -4.69. The lowest BCUT2D eigenvalue weighted by atomic mass is 10.2. The maximum atomic E-state index is 11.9. The Morgan fingerprint density at radius 2 is 1.95 bits per heavy atom. The smallest absolute Gasteiger partial charge is 0.480 e. The number of nitrogens with two attached hydrogens (primary N) is 1. The molecule has 0 bridgehead atoms. The number of aliphatic carboxylic acids is 1. The Balaban J connectivity index is 2.33. The van der Waals surface area contributed by atoms with Crippen molar-refractivity contribution < 1.29 is 27.8 Å².